The molecule has 2 N–H and O–H groups in total. The summed E-state index contributed by atoms with van der Waals surface area (Å²) in [6.07, 6.45) is 2.48. The van der Waals surface area contributed by atoms with Crippen molar-refractivity contribution in [2.45, 2.75) is 19.4 Å². The van der Waals surface area contributed by atoms with Gasteiger partial charge < -0.3 is 14.9 Å². The van der Waals surface area contributed by atoms with Crippen LogP contribution in [0.3, 0.4) is 0 Å². The summed E-state index contributed by atoms with van der Waals surface area (Å²) in [5.74, 6) is 0.847. The predicted molar refractivity (Wildman–Crippen MR) is 67.4 cm³/mol. The quantitative estimate of drug-likeness (QED) is 0.899. The van der Waals surface area contributed by atoms with Gasteiger partial charge in [-0.05, 0) is 31.5 Å². The SMILES string of the molecule is COc1cc(CC(C)N)c2occc2c1.Cl. The number of fused-ring (bicyclic) bond motifs is 1. The van der Waals surface area contributed by atoms with Crippen LogP contribution in [0.5, 0.6) is 5.75 Å². The van der Waals surface area contributed by atoms with Gasteiger partial charge >= 0.3 is 0 Å². The van der Waals surface area contributed by atoms with Crippen molar-refractivity contribution in [2.24, 2.45) is 5.73 Å². The monoisotopic (exact) mass is 241 g/mol. The summed E-state index contributed by atoms with van der Waals surface area (Å²) in [7, 11) is 1.66. The number of rotatable bonds is 3. The van der Waals surface area contributed by atoms with Crippen molar-refractivity contribution in [3.05, 3.63) is 30.0 Å². The Morgan fingerprint density at radius 3 is 2.81 bits per heavy atom. The van der Waals surface area contributed by atoms with Gasteiger partial charge in [-0.1, -0.05) is 0 Å². The van der Waals surface area contributed by atoms with Gasteiger partial charge in [-0.2, -0.15) is 0 Å². The molecule has 0 spiro atoms. The lowest BCUT2D eigenvalue weighted by atomic mass is 10.0. The van der Waals surface area contributed by atoms with Gasteiger partial charge in [-0.3, -0.25) is 0 Å². The van der Waals surface area contributed by atoms with Crippen molar-refractivity contribution < 1.29 is 9.15 Å². The van der Waals surface area contributed by atoms with Crippen LogP contribution >= 0.6 is 12.4 Å². The highest BCUT2D eigenvalue weighted by Gasteiger charge is 2.09. The van der Waals surface area contributed by atoms with Gasteiger partial charge in [-0.15, -0.1) is 12.4 Å². The Hall–Kier alpha value is -1.19. The van der Waals surface area contributed by atoms with E-state index in [2.05, 4.69) is 0 Å². The Morgan fingerprint density at radius 1 is 1.44 bits per heavy atom. The number of hydrogen-bond donors (Lipinski definition) is 1. The highest BCUT2D eigenvalue weighted by Crippen LogP contribution is 2.26. The molecule has 4 heteroatoms. The number of methoxy groups -OCH3 is 1. The first-order valence-electron chi connectivity index (χ1n) is 5.00. The maximum Gasteiger partial charge on any atom is 0.137 e. The summed E-state index contributed by atoms with van der Waals surface area (Å²) < 4.78 is 10.7. The molecule has 0 saturated carbocycles. The van der Waals surface area contributed by atoms with Gasteiger partial charge in [0.1, 0.15) is 11.3 Å². The molecular formula is C12H16ClNO2. The zero-order valence-electron chi connectivity index (χ0n) is 9.40. The Balaban J connectivity index is 0.00000128. The maximum absolute atomic E-state index is 5.79. The van der Waals surface area contributed by atoms with Crippen LogP contribution in [0.25, 0.3) is 11.0 Å². The third kappa shape index (κ3) is 2.49. The molecule has 2 rings (SSSR count). The molecule has 3 nitrogen and oxygen atoms in total. The van der Waals surface area contributed by atoms with Gasteiger partial charge in [0, 0.05) is 17.0 Å². The Bertz CT molecular complexity index is 465. The lowest BCUT2D eigenvalue weighted by Crippen LogP contribution is -2.17. The average Bonchev–Trinajstić information content (AvgIpc) is 2.64. The minimum Gasteiger partial charge on any atom is -0.497 e. The van der Waals surface area contributed by atoms with E-state index in [0.29, 0.717) is 0 Å². The van der Waals surface area contributed by atoms with Crippen LogP contribution in [0.15, 0.2) is 28.9 Å². The lowest BCUT2D eigenvalue weighted by Gasteiger charge is -2.08. The number of halogens is 1. The number of hydrogen-bond acceptors (Lipinski definition) is 3. The molecule has 0 fully saturated rings. The van der Waals surface area contributed by atoms with Crippen LogP contribution < -0.4 is 10.5 Å². The molecule has 0 bridgehead atoms. The predicted octanol–water partition coefficient (Wildman–Crippen LogP) is 2.75. The average molecular weight is 242 g/mol. The zero-order chi connectivity index (χ0) is 10.8. The first-order valence-corrected chi connectivity index (χ1v) is 5.00. The van der Waals surface area contributed by atoms with Crippen molar-refractivity contribution in [2.75, 3.05) is 7.11 Å². The van der Waals surface area contributed by atoms with E-state index in [1.54, 1.807) is 13.4 Å². The second kappa shape index (κ2) is 5.23. The highest BCUT2D eigenvalue weighted by molar-refractivity contribution is 5.85. The minimum absolute atomic E-state index is 0. The van der Waals surface area contributed by atoms with Gasteiger partial charge in [0.05, 0.1) is 13.4 Å². The second-order valence-electron chi connectivity index (χ2n) is 3.81. The second-order valence-corrected chi connectivity index (χ2v) is 3.81. The molecule has 1 heterocycles. The van der Waals surface area contributed by atoms with Crippen LogP contribution in [-0.2, 0) is 6.42 Å². The third-order valence-corrected chi connectivity index (χ3v) is 2.38. The van der Waals surface area contributed by atoms with E-state index in [4.69, 9.17) is 14.9 Å². The highest BCUT2D eigenvalue weighted by atomic mass is 35.5. The van der Waals surface area contributed by atoms with Crippen LogP contribution in [0.4, 0.5) is 0 Å². The molecule has 0 amide bonds. The van der Waals surface area contributed by atoms with E-state index >= 15 is 0 Å². The van der Waals surface area contributed by atoms with Crippen molar-refractivity contribution in [1.29, 1.82) is 0 Å². The molecule has 88 valence electrons. The molecule has 0 saturated heterocycles. The first kappa shape index (κ1) is 12.9. The molecule has 0 radical (unpaired) electrons. The largest absolute Gasteiger partial charge is 0.497 e. The van der Waals surface area contributed by atoms with E-state index in [-0.39, 0.29) is 18.4 Å². The summed E-state index contributed by atoms with van der Waals surface area (Å²) >= 11 is 0. The zero-order valence-corrected chi connectivity index (χ0v) is 10.2. The van der Waals surface area contributed by atoms with Gasteiger partial charge in [0.25, 0.3) is 0 Å². The molecule has 16 heavy (non-hydrogen) atoms. The van der Waals surface area contributed by atoms with Crippen molar-refractivity contribution in [3.63, 3.8) is 0 Å². The fourth-order valence-corrected chi connectivity index (χ4v) is 1.74. The summed E-state index contributed by atoms with van der Waals surface area (Å²) in [6, 6.07) is 5.99. The summed E-state index contributed by atoms with van der Waals surface area (Å²) in [6.45, 7) is 1.98. The van der Waals surface area contributed by atoms with Crippen LogP contribution in [0.2, 0.25) is 0 Å². The van der Waals surface area contributed by atoms with Crippen molar-refractivity contribution >= 4 is 23.4 Å². The third-order valence-electron chi connectivity index (χ3n) is 2.38. The molecular weight excluding hydrogens is 226 g/mol. The normalized spacial score (nSPS) is 12.2. The van der Waals surface area contributed by atoms with E-state index in [1.165, 1.54) is 0 Å². The first-order chi connectivity index (χ1) is 7.20. The standard InChI is InChI=1S/C12H15NO2.ClH/c1-8(13)5-10-7-11(14-2)6-9-3-4-15-12(9)10;/h3-4,6-8H,5,13H2,1-2H3;1H. The van der Waals surface area contributed by atoms with Crippen LogP contribution in [-0.4, -0.2) is 13.2 Å². The number of furan rings is 1. The Morgan fingerprint density at radius 2 is 2.19 bits per heavy atom. The number of benzene rings is 1. The summed E-state index contributed by atoms with van der Waals surface area (Å²) in [5.41, 5.74) is 7.80. The van der Waals surface area contributed by atoms with Gasteiger partial charge in [0.15, 0.2) is 0 Å². The molecule has 1 atom stereocenters. The summed E-state index contributed by atoms with van der Waals surface area (Å²) in [5, 5.41) is 1.06. The van der Waals surface area contributed by atoms with E-state index in [9.17, 15) is 0 Å². The van der Waals surface area contributed by atoms with Crippen molar-refractivity contribution in [1.82, 2.24) is 0 Å². The summed E-state index contributed by atoms with van der Waals surface area (Å²) in [4.78, 5) is 0. The number of ether oxygens (including phenoxy) is 1. The molecule has 2 aromatic rings. The molecule has 0 aliphatic heterocycles. The minimum atomic E-state index is 0. The smallest absolute Gasteiger partial charge is 0.137 e. The van der Waals surface area contributed by atoms with Crippen LogP contribution in [0.1, 0.15) is 12.5 Å². The fourth-order valence-electron chi connectivity index (χ4n) is 1.74. The van der Waals surface area contributed by atoms with Crippen LogP contribution in [0, 0.1) is 0 Å². The maximum atomic E-state index is 5.79. The lowest BCUT2D eigenvalue weighted by molar-refractivity contribution is 0.414. The topological polar surface area (TPSA) is 48.4 Å². The van der Waals surface area contributed by atoms with Crippen molar-refractivity contribution in [3.8, 4) is 5.75 Å². The number of nitrogens with two attached hydrogens (primary N) is 1. The van der Waals surface area contributed by atoms with E-state index in [0.717, 1.165) is 28.7 Å². The molecule has 1 unspecified atom stereocenters. The van der Waals surface area contributed by atoms with E-state index < -0.39 is 0 Å². The fraction of sp³-hybridized carbons (Fsp3) is 0.333. The Labute approximate surface area is 101 Å². The van der Waals surface area contributed by atoms with Gasteiger partial charge in [0.2, 0.25) is 0 Å². The van der Waals surface area contributed by atoms with Gasteiger partial charge in [-0.25, -0.2) is 0 Å². The Kier molecular flexibility index (Phi) is 4.21. The molecule has 0 aliphatic rings. The molecule has 1 aromatic carbocycles. The molecule has 0 aliphatic carbocycles. The van der Waals surface area contributed by atoms with E-state index in [1.807, 2.05) is 25.1 Å². The molecule has 1 aromatic heterocycles.